The Morgan fingerprint density at radius 3 is 2.78 bits per heavy atom. The maximum Gasteiger partial charge on any atom is 0.181 e. The molecule has 1 aromatic heterocycles. The molecule has 2 aromatic rings. The number of methoxy groups -OCH3 is 1. The van der Waals surface area contributed by atoms with E-state index >= 15 is 0 Å². The largest absolute Gasteiger partial charge is 0.497 e. The van der Waals surface area contributed by atoms with Crippen molar-refractivity contribution >= 4 is 0 Å². The molecule has 0 radical (unpaired) electrons. The summed E-state index contributed by atoms with van der Waals surface area (Å²) in [5, 5.41) is 4.50. The first-order chi connectivity index (χ1) is 8.78. The molecule has 1 aliphatic rings. The van der Waals surface area contributed by atoms with Crippen molar-refractivity contribution in [2.45, 2.75) is 25.4 Å². The van der Waals surface area contributed by atoms with E-state index in [2.05, 4.69) is 10.1 Å². The van der Waals surface area contributed by atoms with E-state index in [-0.39, 0.29) is 6.17 Å². The lowest BCUT2D eigenvalue weighted by molar-refractivity contribution is 0.373. The summed E-state index contributed by atoms with van der Waals surface area (Å²) < 4.78 is 6.99. The van der Waals surface area contributed by atoms with Gasteiger partial charge < -0.3 is 10.5 Å². The van der Waals surface area contributed by atoms with E-state index in [0.717, 1.165) is 42.2 Å². The van der Waals surface area contributed by atoms with Gasteiger partial charge in [-0.1, -0.05) is 0 Å². The van der Waals surface area contributed by atoms with Gasteiger partial charge in [0.15, 0.2) is 5.82 Å². The number of hydrogen-bond donors (Lipinski definition) is 1. The highest BCUT2D eigenvalue weighted by atomic mass is 16.5. The van der Waals surface area contributed by atoms with Gasteiger partial charge in [0.2, 0.25) is 0 Å². The van der Waals surface area contributed by atoms with Gasteiger partial charge in [0.1, 0.15) is 17.7 Å². The quantitative estimate of drug-likeness (QED) is 0.874. The van der Waals surface area contributed by atoms with Crippen LogP contribution in [0.1, 0.15) is 24.8 Å². The second-order valence-corrected chi connectivity index (χ2v) is 4.48. The smallest absolute Gasteiger partial charge is 0.181 e. The molecule has 2 heterocycles. The van der Waals surface area contributed by atoms with Crippen LogP contribution in [0.3, 0.4) is 0 Å². The van der Waals surface area contributed by atoms with Gasteiger partial charge in [-0.2, -0.15) is 0 Å². The molecule has 2 N–H and O–H groups in total. The second-order valence-electron chi connectivity index (χ2n) is 4.48. The van der Waals surface area contributed by atoms with E-state index in [1.807, 2.05) is 28.9 Å². The molecule has 0 saturated carbocycles. The van der Waals surface area contributed by atoms with Crippen LogP contribution in [0.4, 0.5) is 0 Å². The van der Waals surface area contributed by atoms with Crippen molar-refractivity contribution in [3.8, 4) is 17.1 Å². The monoisotopic (exact) mass is 244 g/mol. The van der Waals surface area contributed by atoms with Crippen molar-refractivity contribution < 1.29 is 4.74 Å². The molecule has 1 aromatic carbocycles. The number of ether oxygens (including phenoxy) is 1. The molecule has 0 aliphatic carbocycles. The minimum Gasteiger partial charge on any atom is -0.497 e. The molecule has 94 valence electrons. The summed E-state index contributed by atoms with van der Waals surface area (Å²) >= 11 is 0. The number of aryl methyl sites for hydroxylation is 1. The SMILES string of the molecule is COc1ccc(-c2nc3n(n2)C(N)CCC3)cc1. The van der Waals surface area contributed by atoms with E-state index < -0.39 is 0 Å². The third-order valence-corrected chi connectivity index (χ3v) is 3.26. The Kier molecular flexibility index (Phi) is 2.76. The van der Waals surface area contributed by atoms with Crippen LogP contribution in [-0.2, 0) is 6.42 Å². The van der Waals surface area contributed by atoms with Crippen LogP contribution in [0.25, 0.3) is 11.4 Å². The van der Waals surface area contributed by atoms with Crippen LogP contribution < -0.4 is 10.5 Å². The summed E-state index contributed by atoms with van der Waals surface area (Å²) in [6, 6.07) is 7.75. The van der Waals surface area contributed by atoms with Gasteiger partial charge in [0.25, 0.3) is 0 Å². The summed E-state index contributed by atoms with van der Waals surface area (Å²) in [7, 11) is 1.65. The summed E-state index contributed by atoms with van der Waals surface area (Å²) in [5.41, 5.74) is 7.01. The fourth-order valence-corrected chi connectivity index (χ4v) is 2.25. The van der Waals surface area contributed by atoms with Crippen molar-refractivity contribution in [3.05, 3.63) is 30.1 Å². The second kappa shape index (κ2) is 4.42. The normalized spacial score (nSPS) is 18.4. The van der Waals surface area contributed by atoms with Crippen LogP contribution in [0.2, 0.25) is 0 Å². The number of hydrogen-bond acceptors (Lipinski definition) is 4. The van der Waals surface area contributed by atoms with Gasteiger partial charge in [0, 0.05) is 12.0 Å². The molecule has 0 bridgehead atoms. The van der Waals surface area contributed by atoms with Crippen molar-refractivity contribution in [2.75, 3.05) is 7.11 Å². The minimum absolute atomic E-state index is 0.0340. The third-order valence-electron chi connectivity index (χ3n) is 3.26. The lowest BCUT2D eigenvalue weighted by atomic mass is 10.1. The predicted molar refractivity (Wildman–Crippen MR) is 68.2 cm³/mol. The summed E-state index contributed by atoms with van der Waals surface area (Å²) in [4.78, 5) is 4.56. The Balaban J connectivity index is 1.96. The molecule has 0 spiro atoms. The highest BCUT2D eigenvalue weighted by molar-refractivity contribution is 5.56. The van der Waals surface area contributed by atoms with E-state index in [1.54, 1.807) is 7.11 Å². The molecule has 0 fully saturated rings. The lowest BCUT2D eigenvalue weighted by Crippen LogP contribution is -2.25. The highest BCUT2D eigenvalue weighted by Crippen LogP contribution is 2.24. The molecule has 1 aliphatic heterocycles. The Morgan fingerprint density at radius 2 is 2.11 bits per heavy atom. The van der Waals surface area contributed by atoms with Gasteiger partial charge in [-0.3, -0.25) is 0 Å². The molecular weight excluding hydrogens is 228 g/mol. The average Bonchev–Trinajstić information content (AvgIpc) is 2.84. The molecular formula is C13H16N4O. The molecule has 1 atom stereocenters. The van der Waals surface area contributed by atoms with Crippen molar-refractivity contribution in [3.63, 3.8) is 0 Å². The molecule has 18 heavy (non-hydrogen) atoms. The van der Waals surface area contributed by atoms with Crippen LogP contribution >= 0.6 is 0 Å². The Bertz CT molecular complexity index is 547. The first kappa shape index (κ1) is 11.2. The zero-order valence-corrected chi connectivity index (χ0v) is 10.3. The number of benzene rings is 1. The lowest BCUT2D eigenvalue weighted by Gasteiger charge is -2.18. The van der Waals surface area contributed by atoms with E-state index in [4.69, 9.17) is 10.5 Å². The molecule has 5 nitrogen and oxygen atoms in total. The molecule has 3 rings (SSSR count). The minimum atomic E-state index is -0.0340. The van der Waals surface area contributed by atoms with Gasteiger partial charge in [0.05, 0.1) is 7.11 Å². The third kappa shape index (κ3) is 1.86. The first-order valence-electron chi connectivity index (χ1n) is 6.13. The topological polar surface area (TPSA) is 66.0 Å². The number of rotatable bonds is 2. The highest BCUT2D eigenvalue weighted by Gasteiger charge is 2.20. The zero-order valence-electron chi connectivity index (χ0n) is 10.3. The van der Waals surface area contributed by atoms with Gasteiger partial charge >= 0.3 is 0 Å². The molecule has 0 amide bonds. The van der Waals surface area contributed by atoms with E-state index in [0.29, 0.717) is 0 Å². The van der Waals surface area contributed by atoms with Gasteiger partial charge in [-0.15, -0.1) is 5.10 Å². The molecule has 0 saturated heterocycles. The zero-order chi connectivity index (χ0) is 12.5. The Labute approximate surface area is 106 Å². The van der Waals surface area contributed by atoms with Crippen molar-refractivity contribution in [1.29, 1.82) is 0 Å². The molecule has 5 heteroatoms. The average molecular weight is 244 g/mol. The first-order valence-corrected chi connectivity index (χ1v) is 6.13. The summed E-state index contributed by atoms with van der Waals surface area (Å²) in [6.45, 7) is 0. The number of aromatic nitrogens is 3. The van der Waals surface area contributed by atoms with Crippen LogP contribution in [0, 0.1) is 0 Å². The maximum atomic E-state index is 6.02. The predicted octanol–water partition coefficient (Wildman–Crippen LogP) is 1.75. The Hall–Kier alpha value is -1.88. The molecule has 1 unspecified atom stereocenters. The van der Waals surface area contributed by atoms with Crippen LogP contribution in [0.5, 0.6) is 5.75 Å². The van der Waals surface area contributed by atoms with Crippen LogP contribution in [-0.4, -0.2) is 21.9 Å². The summed E-state index contributed by atoms with van der Waals surface area (Å²) in [6.07, 6.45) is 2.98. The van der Waals surface area contributed by atoms with Gasteiger partial charge in [-0.25, -0.2) is 9.67 Å². The van der Waals surface area contributed by atoms with Crippen LogP contribution in [0.15, 0.2) is 24.3 Å². The Morgan fingerprint density at radius 1 is 1.33 bits per heavy atom. The van der Waals surface area contributed by atoms with Gasteiger partial charge in [-0.05, 0) is 37.1 Å². The number of nitrogens with zero attached hydrogens (tertiary/aromatic N) is 3. The standard InChI is InChI=1S/C13H16N4O/c1-18-10-7-5-9(6-8-10)13-15-12-4-2-3-11(14)17(12)16-13/h5-8,11H,2-4,14H2,1H3. The maximum absolute atomic E-state index is 6.02. The summed E-state index contributed by atoms with van der Waals surface area (Å²) in [5.74, 6) is 2.56. The van der Waals surface area contributed by atoms with E-state index in [9.17, 15) is 0 Å². The fourth-order valence-electron chi connectivity index (χ4n) is 2.25. The number of nitrogens with two attached hydrogens (primary N) is 1. The van der Waals surface area contributed by atoms with Crippen molar-refractivity contribution in [1.82, 2.24) is 14.8 Å². The van der Waals surface area contributed by atoms with Crippen molar-refractivity contribution in [2.24, 2.45) is 5.73 Å². The van der Waals surface area contributed by atoms with E-state index in [1.165, 1.54) is 0 Å². The fraction of sp³-hybridized carbons (Fsp3) is 0.385. The number of fused-ring (bicyclic) bond motifs is 1.